The van der Waals surface area contributed by atoms with Crippen molar-refractivity contribution in [2.75, 3.05) is 0 Å². The Bertz CT molecular complexity index is 239. The van der Waals surface area contributed by atoms with Crippen molar-refractivity contribution in [2.24, 2.45) is 7.05 Å². The van der Waals surface area contributed by atoms with Crippen LogP contribution < -0.4 is 5.76 Å². The van der Waals surface area contributed by atoms with Crippen LogP contribution in [0.25, 0.3) is 0 Å². The molecule has 0 aliphatic carbocycles. The predicted molar refractivity (Wildman–Crippen MR) is 26.5 cm³/mol. The van der Waals surface area contributed by atoms with Crippen molar-refractivity contribution in [2.45, 2.75) is 6.92 Å². The average molecular weight is 298 g/mol. The molecule has 0 N–H and O–H groups in total. The van der Waals surface area contributed by atoms with Gasteiger partial charge in [0.05, 0.1) is 0 Å². The van der Waals surface area contributed by atoms with Crippen LogP contribution in [-0.4, -0.2) is 9.78 Å². The number of aromatic nitrogens is 2. The van der Waals surface area contributed by atoms with Crippen LogP contribution in [0.1, 0.15) is 5.89 Å². The van der Waals surface area contributed by atoms with Gasteiger partial charge >= 0.3 is 5.76 Å². The summed E-state index contributed by atoms with van der Waals surface area (Å²) in [7, 11) is 1.54. The summed E-state index contributed by atoms with van der Waals surface area (Å²) in [6.45, 7) is 1.63. The van der Waals surface area contributed by atoms with Crippen molar-refractivity contribution in [3.05, 3.63) is 16.4 Å². The molecule has 0 fully saturated rings. The fourth-order valence-electron chi connectivity index (χ4n) is 0.465. The first-order valence-electron chi connectivity index (χ1n) is 2.21. The van der Waals surface area contributed by atoms with Crippen molar-refractivity contribution in [3.8, 4) is 0 Å². The van der Waals surface area contributed by atoms with Gasteiger partial charge in [-0.3, -0.25) is 0 Å². The number of rotatable bonds is 0. The van der Waals surface area contributed by atoms with Crippen LogP contribution in [-0.2, 0) is 28.1 Å². The zero-order valence-corrected chi connectivity index (χ0v) is 8.05. The average Bonchev–Trinajstić information content (AvgIpc) is 1.85. The SMILES string of the molecule is Cc1nn(C)c(=O)o1.[W]. The van der Waals surface area contributed by atoms with E-state index in [9.17, 15) is 4.79 Å². The third kappa shape index (κ3) is 1.79. The number of hydrogen-bond acceptors (Lipinski definition) is 3. The molecule has 0 aliphatic heterocycles. The Kier molecular flexibility index (Phi) is 2.84. The van der Waals surface area contributed by atoms with E-state index in [0.717, 1.165) is 4.68 Å². The van der Waals surface area contributed by atoms with Gasteiger partial charge in [-0.2, -0.15) is 4.68 Å². The van der Waals surface area contributed by atoms with Crippen molar-refractivity contribution >= 4 is 0 Å². The predicted octanol–water partition coefficient (Wildman–Crippen LogP) is -0.321. The Morgan fingerprint density at radius 2 is 2.22 bits per heavy atom. The molecule has 1 aromatic heterocycles. The molecule has 9 heavy (non-hydrogen) atoms. The molecule has 1 aromatic rings. The molecule has 0 amide bonds. The van der Waals surface area contributed by atoms with Crippen molar-refractivity contribution in [1.82, 2.24) is 9.78 Å². The van der Waals surface area contributed by atoms with Crippen LogP contribution in [0, 0.1) is 6.92 Å². The van der Waals surface area contributed by atoms with Gasteiger partial charge in [-0.15, -0.1) is 5.10 Å². The Balaban J connectivity index is 0.000000640. The monoisotopic (exact) mass is 298 g/mol. The van der Waals surface area contributed by atoms with Gasteiger partial charge in [-0.1, -0.05) is 0 Å². The minimum atomic E-state index is -0.414. The molecule has 4 nitrogen and oxygen atoms in total. The molecule has 0 aromatic carbocycles. The maximum atomic E-state index is 10.4. The zero-order chi connectivity index (χ0) is 6.15. The molecule has 0 radical (unpaired) electrons. The minimum absolute atomic E-state index is 0. The maximum absolute atomic E-state index is 10.4. The molecule has 0 aliphatic rings. The van der Waals surface area contributed by atoms with Gasteiger partial charge in [0.1, 0.15) is 0 Å². The summed E-state index contributed by atoms with van der Waals surface area (Å²) < 4.78 is 5.66. The molecule has 0 saturated heterocycles. The van der Waals surface area contributed by atoms with Crippen LogP contribution in [0.3, 0.4) is 0 Å². The van der Waals surface area contributed by atoms with E-state index >= 15 is 0 Å². The van der Waals surface area contributed by atoms with E-state index in [1.165, 1.54) is 0 Å². The fraction of sp³-hybridized carbons (Fsp3) is 0.500. The van der Waals surface area contributed by atoms with E-state index in [4.69, 9.17) is 0 Å². The first-order chi connectivity index (χ1) is 3.70. The Morgan fingerprint density at radius 1 is 1.67 bits per heavy atom. The van der Waals surface area contributed by atoms with Gasteiger partial charge in [-0.25, -0.2) is 4.79 Å². The summed E-state index contributed by atoms with van der Waals surface area (Å²) in [5.41, 5.74) is 0. The maximum Gasteiger partial charge on any atom is 0.436 e. The van der Waals surface area contributed by atoms with Crippen molar-refractivity contribution in [3.63, 3.8) is 0 Å². The fourth-order valence-corrected chi connectivity index (χ4v) is 0.465. The standard InChI is InChI=1S/C4H6N2O2.W/c1-3-5-6(2)4(7)8-3;/h1-2H3;. The second kappa shape index (κ2) is 2.97. The number of hydrogen-bond donors (Lipinski definition) is 0. The van der Waals surface area contributed by atoms with Gasteiger partial charge < -0.3 is 4.42 Å². The molecule has 1 heterocycles. The third-order valence-electron chi connectivity index (χ3n) is 0.790. The van der Waals surface area contributed by atoms with Gasteiger partial charge in [-0.05, 0) is 0 Å². The van der Waals surface area contributed by atoms with Crippen LogP contribution in [0.5, 0.6) is 0 Å². The number of nitrogens with zero attached hydrogens (tertiary/aromatic N) is 2. The first-order valence-corrected chi connectivity index (χ1v) is 2.21. The van der Waals surface area contributed by atoms with E-state index in [2.05, 4.69) is 9.52 Å². The van der Waals surface area contributed by atoms with E-state index < -0.39 is 5.76 Å². The summed E-state index contributed by atoms with van der Waals surface area (Å²) in [5, 5.41) is 3.65. The van der Waals surface area contributed by atoms with Crippen molar-refractivity contribution < 1.29 is 25.5 Å². The molecular weight excluding hydrogens is 292 g/mol. The summed E-state index contributed by atoms with van der Waals surface area (Å²) in [5.74, 6) is -0.0139. The topological polar surface area (TPSA) is 48.0 Å². The normalized spacial score (nSPS) is 8.67. The Hall–Kier alpha value is -0.372. The van der Waals surface area contributed by atoms with Crippen LogP contribution in [0.2, 0.25) is 0 Å². The van der Waals surface area contributed by atoms with Gasteiger partial charge in [0.15, 0.2) is 0 Å². The van der Waals surface area contributed by atoms with Gasteiger partial charge in [0, 0.05) is 35.0 Å². The Morgan fingerprint density at radius 3 is 2.33 bits per heavy atom. The zero-order valence-electron chi connectivity index (χ0n) is 5.12. The van der Waals surface area contributed by atoms with Crippen LogP contribution in [0.15, 0.2) is 9.21 Å². The molecule has 1 rings (SSSR count). The largest absolute Gasteiger partial charge is 0.436 e. The summed E-state index contributed by atoms with van der Waals surface area (Å²) >= 11 is 0. The summed E-state index contributed by atoms with van der Waals surface area (Å²) in [6, 6.07) is 0. The smallest absolute Gasteiger partial charge is 0.393 e. The van der Waals surface area contributed by atoms with E-state index in [0.29, 0.717) is 5.89 Å². The van der Waals surface area contributed by atoms with Crippen LogP contribution in [0.4, 0.5) is 0 Å². The molecule has 0 spiro atoms. The summed E-state index contributed by atoms with van der Waals surface area (Å²) in [4.78, 5) is 10.4. The molecule has 0 atom stereocenters. The van der Waals surface area contributed by atoms with Gasteiger partial charge in [0.2, 0.25) is 5.89 Å². The Labute approximate surface area is 66.1 Å². The van der Waals surface area contributed by atoms with Crippen LogP contribution >= 0.6 is 0 Å². The molecular formula is C4H6N2O2W. The molecule has 50 valence electrons. The summed E-state index contributed by atoms with van der Waals surface area (Å²) in [6.07, 6.45) is 0. The quantitative estimate of drug-likeness (QED) is 0.659. The first kappa shape index (κ1) is 8.63. The van der Waals surface area contributed by atoms with Gasteiger partial charge in [0.25, 0.3) is 0 Å². The van der Waals surface area contributed by atoms with E-state index in [1.807, 2.05) is 0 Å². The minimum Gasteiger partial charge on any atom is -0.393 e. The molecule has 0 unspecified atom stereocenters. The van der Waals surface area contributed by atoms with E-state index in [1.54, 1.807) is 14.0 Å². The number of aryl methyl sites for hydroxylation is 2. The third-order valence-corrected chi connectivity index (χ3v) is 0.790. The van der Waals surface area contributed by atoms with Crippen molar-refractivity contribution in [1.29, 1.82) is 0 Å². The van der Waals surface area contributed by atoms with E-state index in [-0.39, 0.29) is 21.1 Å². The molecule has 0 saturated carbocycles. The molecule has 0 bridgehead atoms. The molecule has 5 heteroatoms. The second-order valence-electron chi connectivity index (χ2n) is 1.51. The second-order valence-corrected chi connectivity index (χ2v) is 1.51.